The van der Waals surface area contributed by atoms with Gasteiger partial charge >= 0.3 is 0 Å². The number of hydrogen-bond acceptors (Lipinski definition) is 2. The lowest BCUT2D eigenvalue weighted by Gasteiger charge is -2.21. The van der Waals surface area contributed by atoms with Crippen molar-refractivity contribution >= 4 is 0 Å². The summed E-state index contributed by atoms with van der Waals surface area (Å²) in [5.41, 5.74) is 1.52. The first-order chi connectivity index (χ1) is 6.05. The summed E-state index contributed by atoms with van der Waals surface area (Å²) in [4.78, 5) is 4.25. The topological polar surface area (TPSA) is 33.1 Å². The third-order valence-corrected chi connectivity index (χ3v) is 2.43. The van der Waals surface area contributed by atoms with E-state index < -0.39 is 5.60 Å². The molecular formula is C11H17NO. The molecule has 0 bridgehead atoms. The molecular weight excluding hydrogens is 162 g/mol. The Balaban J connectivity index is 2.80. The summed E-state index contributed by atoms with van der Waals surface area (Å²) in [6.07, 6.45) is 3.16. The molecule has 1 atom stereocenters. The van der Waals surface area contributed by atoms with Gasteiger partial charge in [-0.2, -0.15) is 0 Å². The molecule has 72 valence electrons. The molecule has 0 aliphatic rings. The smallest absolute Gasteiger partial charge is 0.0672 e. The minimum atomic E-state index is -0.626. The monoisotopic (exact) mass is 179 g/mol. The first-order valence-electron chi connectivity index (χ1n) is 4.68. The van der Waals surface area contributed by atoms with Crippen molar-refractivity contribution in [3.05, 3.63) is 29.6 Å². The molecule has 0 saturated carbocycles. The van der Waals surface area contributed by atoms with Gasteiger partial charge in [0, 0.05) is 18.3 Å². The number of pyridine rings is 1. The van der Waals surface area contributed by atoms with Gasteiger partial charge in [-0.15, -0.1) is 0 Å². The van der Waals surface area contributed by atoms with E-state index >= 15 is 0 Å². The number of nitrogens with zero attached hydrogens (tertiary/aromatic N) is 1. The van der Waals surface area contributed by atoms with Crippen molar-refractivity contribution in [1.82, 2.24) is 4.98 Å². The highest BCUT2D eigenvalue weighted by Crippen LogP contribution is 2.16. The predicted molar refractivity (Wildman–Crippen MR) is 53.6 cm³/mol. The van der Waals surface area contributed by atoms with Crippen LogP contribution in [0.1, 0.15) is 31.5 Å². The minimum absolute atomic E-state index is 0.626. The highest BCUT2D eigenvalue weighted by molar-refractivity contribution is 5.19. The first kappa shape index (κ1) is 10.2. The quantitative estimate of drug-likeness (QED) is 0.770. The maximum atomic E-state index is 9.86. The Morgan fingerprint density at radius 1 is 1.54 bits per heavy atom. The molecule has 1 unspecified atom stereocenters. The summed E-state index contributed by atoms with van der Waals surface area (Å²) in [5, 5.41) is 9.86. The van der Waals surface area contributed by atoms with Crippen LogP contribution in [0.5, 0.6) is 0 Å². The van der Waals surface area contributed by atoms with Gasteiger partial charge in [0.15, 0.2) is 0 Å². The third kappa shape index (κ3) is 2.81. The molecule has 2 nitrogen and oxygen atoms in total. The number of aliphatic hydroxyl groups is 1. The van der Waals surface area contributed by atoms with E-state index in [-0.39, 0.29) is 0 Å². The van der Waals surface area contributed by atoms with Gasteiger partial charge in [-0.3, -0.25) is 4.98 Å². The Bertz CT molecular complexity index is 281. The molecule has 0 spiro atoms. The second-order valence-corrected chi connectivity index (χ2v) is 3.79. The van der Waals surface area contributed by atoms with E-state index in [4.69, 9.17) is 0 Å². The van der Waals surface area contributed by atoms with Crippen molar-refractivity contribution in [2.45, 2.75) is 39.2 Å². The summed E-state index contributed by atoms with van der Waals surface area (Å²) in [6, 6.07) is 3.94. The molecule has 2 heteroatoms. The SMILES string of the molecule is CCC(C)(O)Cc1ncccc1C. The molecule has 0 radical (unpaired) electrons. The van der Waals surface area contributed by atoms with Crippen LogP contribution in [-0.4, -0.2) is 15.7 Å². The predicted octanol–water partition coefficient (Wildman–Crippen LogP) is 2.09. The fourth-order valence-corrected chi connectivity index (χ4v) is 1.19. The van der Waals surface area contributed by atoms with Gasteiger partial charge in [-0.1, -0.05) is 13.0 Å². The van der Waals surface area contributed by atoms with Gasteiger partial charge in [0.05, 0.1) is 5.60 Å². The van der Waals surface area contributed by atoms with E-state index in [1.807, 2.05) is 32.9 Å². The molecule has 13 heavy (non-hydrogen) atoms. The molecule has 0 amide bonds. The molecule has 0 fully saturated rings. The summed E-state index contributed by atoms with van der Waals surface area (Å²) in [7, 11) is 0. The Morgan fingerprint density at radius 2 is 2.23 bits per heavy atom. The molecule has 0 aliphatic heterocycles. The van der Waals surface area contributed by atoms with Crippen LogP contribution in [0, 0.1) is 6.92 Å². The van der Waals surface area contributed by atoms with Crippen molar-refractivity contribution < 1.29 is 5.11 Å². The number of hydrogen-bond donors (Lipinski definition) is 1. The molecule has 1 aromatic heterocycles. The lowest BCUT2D eigenvalue weighted by molar-refractivity contribution is 0.0553. The number of aromatic nitrogens is 1. The van der Waals surface area contributed by atoms with Gasteiger partial charge in [-0.25, -0.2) is 0 Å². The lowest BCUT2D eigenvalue weighted by atomic mass is 9.95. The normalized spacial score (nSPS) is 15.4. The first-order valence-corrected chi connectivity index (χ1v) is 4.68. The van der Waals surface area contributed by atoms with Crippen LogP contribution in [0.15, 0.2) is 18.3 Å². The standard InChI is InChI=1S/C11H17NO/c1-4-11(3,13)8-10-9(2)6-5-7-12-10/h5-7,13H,4,8H2,1-3H3. The van der Waals surface area contributed by atoms with Gasteiger partial charge < -0.3 is 5.11 Å². The zero-order valence-electron chi connectivity index (χ0n) is 8.54. The number of rotatable bonds is 3. The van der Waals surface area contributed by atoms with E-state index in [0.29, 0.717) is 6.42 Å². The van der Waals surface area contributed by atoms with Gasteiger partial charge in [0.25, 0.3) is 0 Å². The van der Waals surface area contributed by atoms with E-state index in [1.165, 1.54) is 0 Å². The molecule has 1 N–H and O–H groups in total. The largest absolute Gasteiger partial charge is 0.390 e. The molecule has 1 aromatic rings. The molecule has 1 rings (SSSR count). The Labute approximate surface area is 79.6 Å². The maximum absolute atomic E-state index is 9.86. The second-order valence-electron chi connectivity index (χ2n) is 3.79. The van der Waals surface area contributed by atoms with Crippen LogP contribution < -0.4 is 0 Å². The van der Waals surface area contributed by atoms with Crippen LogP contribution in [0.4, 0.5) is 0 Å². The summed E-state index contributed by atoms with van der Waals surface area (Å²) >= 11 is 0. The average molecular weight is 179 g/mol. The van der Waals surface area contributed by atoms with Crippen LogP contribution in [-0.2, 0) is 6.42 Å². The van der Waals surface area contributed by atoms with E-state index in [1.54, 1.807) is 6.20 Å². The van der Waals surface area contributed by atoms with Crippen molar-refractivity contribution in [1.29, 1.82) is 0 Å². The fraction of sp³-hybridized carbons (Fsp3) is 0.545. The van der Waals surface area contributed by atoms with Crippen LogP contribution in [0.25, 0.3) is 0 Å². The highest BCUT2D eigenvalue weighted by Gasteiger charge is 2.19. The maximum Gasteiger partial charge on any atom is 0.0672 e. The average Bonchev–Trinajstić information content (AvgIpc) is 2.09. The van der Waals surface area contributed by atoms with Crippen molar-refractivity contribution in [2.75, 3.05) is 0 Å². The molecule has 1 heterocycles. The zero-order chi connectivity index (χ0) is 9.90. The van der Waals surface area contributed by atoms with Crippen molar-refractivity contribution in [3.8, 4) is 0 Å². The summed E-state index contributed by atoms with van der Waals surface area (Å²) < 4.78 is 0. The number of aryl methyl sites for hydroxylation is 1. The van der Waals surface area contributed by atoms with Gasteiger partial charge in [0.2, 0.25) is 0 Å². The lowest BCUT2D eigenvalue weighted by Crippen LogP contribution is -2.26. The Kier molecular flexibility index (Phi) is 3.04. The van der Waals surface area contributed by atoms with Gasteiger partial charge in [0.1, 0.15) is 0 Å². The van der Waals surface area contributed by atoms with Crippen LogP contribution in [0.3, 0.4) is 0 Å². The molecule has 0 aliphatic carbocycles. The van der Waals surface area contributed by atoms with Crippen molar-refractivity contribution in [2.24, 2.45) is 0 Å². The third-order valence-electron chi connectivity index (χ3n) is 2.43. The highest BCUT2D eigenvalue weighted by atomic mass is 16.3. The summed E-state index contributed by atoms with van der Waals surface area (Å²) in [6.45, 7) is 5.85. The van der Waals surface area contributed by atoms with Crippen molar-refractivity contribution in [3.63, 3.8) is 0 Å². The minimum Gasteiger partial charge on any atom is -0.390 e. The van der Waals surface area contributed by atoms with E-state index in [9.17, 15) is 5.11 Å². The summed E-state index contributed by atoms with van der Waals surface area (Å²) in [5.74, 6) is 0. The van der Waals surface area contributed by atoms with E-state index in [0.717, 1.165) is 17.7 Å². The van der Waals surface area contributed by atoms with Gasteiger partial charge in [-0.05, 0) is 31.9 Å². The molecule has 0 saturated heterocycles. The Hall–Kier alpha value is -0.890. The van der Waals surface area contributed by atoms with E-state index in [2.05, 4.69) is 4.98 Å². The van der Waals surface area contributed by atoms with Crippen LogP contribution >= 0.6 is 0 Å². The second kappa shape index (κ2) is 3.88. The van der Waals surface area contributed by atoms with Crippen LogP contribution in [0.2, 0.25) is 0 Å². The zero-order valence-corrected chi connectivity index (χ0v) is 8.54. The fourth-order valence-electron chi connectivity index (χ4n) is 1.19. The molecule has 0 aromatic carbocycles. The Morgan fingerprint density at radius 3 is 2.77 bits per heavy atom.